The highest BCUT2D eigenvalue weighted by Gasteiger charge is 2.18. The second-order valence-electron chi connectivity index (χ2n) is 7.15. The summed E-state index contributed by atoms with van der Waals surface area (Å²) in [6, 6.07) is 18.2. The van der Waals surface area contributed by atoms with Gasteiger partial charge in [0.2, 0.25) is 0 Å². The van der Waals surface area contributed by atoms with E-state index >= 15 is 0 Å². The zero-order valence-electron chi connectivity index (χ0n) is 17.5. The fourth-order valence-electron chi connectivity index (χ4n) is 3.44. The molecule has 0 fully saturated rings. The Balaban J connectivity index is 1.60. The molecular formula is C23H21N3O4S2. The first-order chi connectivity index (χ1) is 15.3. The van der Waals surface area contributed by atoms with E-state index in [4.69, 9.17) is 0 Å². The van der Waals surface area contributed by atoms with Gasteiger partial charge in [0.15, 0.2) is 0 Å². The van der Waals surface area contributed by atoms with Crippen LogP contribution in [0.3, 0.4) is 0 Å². The molecule has 0 aliphatic heterocycles. The third kappa shape index (κ3) is 4.17. The number of rotatable bonds is 6. The number of anilines is 2. The van der Waals surface area contributed by atoms with Crippen molar-refractivity contribution in [3.63, 3.8) is 0 Å². The highest BCUT2D eigenvalue weighted by atomic mass is 32.2. The minimum Gasteiger partial charge on any atom is -0.322 e. The van der Waals surface area contributed by atoms with Crippen molar-refractivity contribution in [3.8, 4) is 0 Å². The van der Waals surface area contributed by atoms with Gasteiger partial charge in [0, 0.05) is 17.8 Å². The smallest absolute Gasteiger partial charge is 0.308 e. The van der Waals surface area contributed by atoms with Gasteiger partial charge in [0.25, 0.3) is 15.9 Å². The van der Waals surface area contributed by atoms with Crippen molar-refractivity contribution in [2.45, 2.75) is 25.3 Å². The largest absolute Gasteiger partial charge is 0.322 e. The van der Waals surface area contributed by atoms with E-state index in [-0.39, 0.29) is 15.7 Å². The molecular weight excluding hydrogens is 446 g/mol. The van der Waals surface area contributed by atoms with E-state index in [9.17, 15) is 18.0 Å². The van der Waals surface area contributed by atoms with Crippen molar-refractivity contribution in [2.24, 2.45) is 0 Å². The fraction of sp³-hybridized carbons (Fsp3) is 0.130. The van der Waals surface area contributed by atoms with Gasteiger partial charge in [-0.15, -0.1) is 0 Å². The zero-order valence-corrected chi connectivity index (χ0v) is 19.1. The van der Waals surface area contributed by atoms with E-state index in [0.717, 1.165) is 21.6 Å². The van der Waals surface area contributed by atoms with Crippen LogP contribution in [0.15, 0.2) is 76.4 Å². The molecule has 7 nitrogen and oxygen atoms in total. The maximum atomic E-state index is 12.9. The molecule has 0 saturated carbocycles. The average molecular weight is 468 g/mol. The molecule has 0 atom stereocenters. The van der Waals surface area contributed by atoms with E-state index in [1.165, 1.54) is 12.1 Å². The number of carbonyl (C=O) groups is 1. The summed E-state index contributed by atoms with van der Waals surface area (Å²) in [4.78, 5) is 25.1. The van der Waals surface area contributed by atoms with Gasteiger partial charge < -0.3 is 5.32 Å². The van der Waals surface area contributed by atoms with Gasteiger partial charge in [-0.25, -0.2) is 8.42 Å². The molecule has 0 aliphatic carbocycles. The molecule has 1 heterocycles. The molecule has 1 aromatic heterocycles. The molecule has 2 N–H and O–H groups in total. The van der Waals surface area contributed by atoms with Gasteiger partial charge in [-0.1, -0.05) is 35.6 Å². The normalized spacial score (nSPS) is 11.4. The number of amides is 1. The lowest BCUT2D eigenvalue weighted by atomic mass is 10.1. The number of hydrogen-bond acceptors (Lipinski definition) is 5. The molecule has 0 saturated heterocycles. The Morgan fingerprint density at radius 1 is 1.03 bits per heavy atom. The number of nitrogens with one attached hydrogen (secondary N) is 2. The van der Waals surface area contributed by atoms with Gasteiger partial charge >= 0.3 is 4.87 Å². The van der Waals surface area contributed by atoms with Gasteiger partial charge in [-0.3, -0.25) is 18.9 Å². The van der Waals surface area contributed by atoms with Gasteiger partial charge in [-0.2, -0.15) is 0 Å². The van der Waals surface area contributed by atoms with E-state index in [0.29, 0.717) is 29.0 Å². The Bertz CT molecular complexity index is 1470. The van der Waals surface area contributed by atoms with Crippen LogP contribution >= 0.6 is 11.3 Å². The lowest BCUT2D eigenvalue weighted by molar-refractivity contribution is 0.102. The first-order valence-corrected chi connectivity index (χ1v) is 12.2. The highest BCUT2D eigenvalue weighted by molar-refractivity contribution is 7.92. The summed E-state index contributed by atoms with van der Waals surface area (Å²) in [6.07, 6.45) is 0. The van der Waals surface area contributed by atoms with Crippen LogP contribution in [0.5, 0.6) is 0 Å². The molecule has 0 bridgehead atoms. The predicted molar refractivity (Wildman–Crippen MR) is 128 cm³/mol. The number of carbonyl (C=O) groups excluding carboxylic acids is 1. The maximum absolute atomic E-state index is 12.9. The standard InChI is InChI=1S/C23H21N3O4S2/c1-3-26-20-13-12-16(14-21(20)31-23(26)28)24-22(27)18-10-7-11-19(15(18)2)25-32(29,30)17-8-5-4-6-9-17/h4-14,25H,3H2,1-2H3,(H,24,27). The maximum Gasteiger partial charge on any atom is 0.308 e. The van der Waals surface area contributed by atoms with Crippen molar-refractivity contribution in [3.05, 3.63) is 87.5 Å². The molecule has 4 aromatic rings. The SMILES string of the molecule is CCn1c(=O)sc2cc(NC(=O)c3cccc(NS(=O)(=O)c4ccccc4)c3C)ccc21. The van der Waals surface area contributed by atoms with Crippen LogP contribution in [0.1, 0.15) is 22.8 Å². The molecule has 164 valence electrons. The Hall–Kier alpha value is -3.43. The molecule has 0 spiro atoms. The van der Waals surface area contributed by atoms with E-state index in [1.807, 2.05) is 13.0 Å². The summed E-state index contributed by atoms with van der Waals surface area (Å²) in [5, 5.41) is 2.84. The van der Waals surface area contributed by atoms with Crippen molar-refractivity contribution in [1.29, 1.82) is 0 Å². The topological polar surface area (TPSA) is 97.3 Å². The predicted octanol–water partition coefficient (Wildman–Crippen LogP) is 4.44. The number of hydrogen-bond donors (Lipinski definition) is 2. The first-order valence-electron chi connectivity index (χ1n) is 9.92. The molecule has 0 radical (unpaired) electrons. The molecule has 9 heteroatoms. The lowest BCUT2D eigenvalue weighted by Crippen LogP contribution is -2.17. The van der Waals surface area contributed by atoms with Crippen LogP contribution in [-0.4, -0.2) is 18.9 Å². The first kappa shape index (κ1) is 21.8. The monoisotopic (exact) mass is 467 g/mol. The van der Waals surface area contributed by atoms with Gasteiger partial charge in [0.1, 0.15) is 0 Å². The number of aryl methyl sites for hydroxylation is 1. The molecule has 4 rings (SSSR count). The molecule has 3 aromatic carbocycles. The second-order valence-corrected chi connectivity index (χ2v) is 9.82. The molecule has 1 amide bonds. The van der Waals surface area contributed by atoms with Crippen LogP contribution in [0.25, 0.3) is 10.2 Å². The van der Waals surface area contributed by atoms with Crippen molar-refractivity contribution in [2.75, 3.05) is 10.0 Å². The number of aromatic nitrogens is 1. The number of thiazole rings is 1. The van der Waals surface area contributed by atoms with Crippen LogP contribution in [0, 0.1) is 6.92 Å². The summed E-state index contributed by atoms with van der Waals surface area (Å²) in [5.74, 6) is -0.370. The average Bonchev–Trinajstić information content (AvgIpc) is 3.09. The summed E-state index contributed by atoms with van der Waals surface area (Å²) >= 11 is 1.13. The number of nitrogens with zero attached hydrogens (tertiary/aromatic N) is 1. The van der Waals surface area contributed by atoms with Crippen LogP contribution in [0.4, 0.5) is 11.4 Å². The number of fused-ring (bicyclic) bond motifs is 1. The highest BCUT2D eigenvalue weighted by Crippen LogP contribution is 2.25. The van der Waals surface area contributed by atoms with E-state index in [2.05, 4.69) is 10.0 Å². The third-order valence-corrected chi connectivity index (χ3v) is 7.44. The Labute approximate surface area is 189 Å². The number of sulfonamides is 1. The molecule has 0 unspecified atom stereocenters. The van der Waals surface area contributed by atoms with Crippen molar-refractivity contribution >= 4 is 48.9 Å². The van der Waals surface area contributed by atoms with Crippen molar-refractivity contribution < 1.29 is 13.2 Å². The summed E-state index contributed by atoms with van der Waals surface area (Å²) in [5.41, 5.74) is 2.57. The Morgan fingerprint density at radius 2 is 1.78 bits per heavy atom. The second kappa shape index (κ2) is 8.60. The quantitative estimate of drug-likeness (QED) is 0.438. The Morgan fingerprint density at radius 3 is 2.50 bits per heavy atom. The fourth-order valence-corrected chi connectivity index (χ4v) is 5.58. The van der Waals surface area contributed by atoms with Gasteiger partial charge in [-0.05, 0) is 61.9 Å². The van der Waals surface area contributed by atoms with E-state index < -0.39 is 10.0 Å². The minimum absolute atomic E-state index is 0.0415. The summed E-state index contributed by atoms with van der Waals surface area (Å²) < 4.78 is 30.4. The molecule has 32 heavy (non-hydrogen) atoms. The molecule has 0 aliphatic rings. The lowest BCUT2D eigenvalue weighted by Gasteiger charge is -2.14. The number of benzene rings is 3. The summed E-state index contributed by atoms with van der Waals surface area (Å²) in [6.45, 7) is 4.18. The van der Waals surface area contributed by atoms with Gasteiger partial charge in [0.05, 0.1) is 20.8 Å². The van der Waals surface area contributed by atoms with Crippen LogP contribution < -0.4 is 14.9 Å². The third-order valence-electron chi connectivity index (χ3n) is 5.12. The van der Waals surface area contributed by atoms with Crippen LogP contribution in [-0.2, 0) is 16.6 Å². The zero-order chi connectivity index (χ0) is 22.9. The minimum atomic E-state index is -3.78. The van der Waals surface area contributed by atoms with Crippen molar-refractivity contribution in [1.82, 2.24) is 4.57 Å². The Kier molecular flexibility index (Phi) is 5.86. The summed E-state index contributed by atoms with van der Waals surface area (Å²) in [7, 11) is -3.78. The van der Waals surface area contributed by atoms with E-state index in [1.54, 1.807) is 60.0 Å². The van der Waals surface area contributed by atoms with Crippen LogP contribution in [0.2, 0.25) is 0 Å².